The molecule has 0 aliphatic carbocycles. The number of hydrogen-bond acceptors (Lipinski definition) is 9. The van der Waals surface area contributed by atoms with Crippen LogP contribution in [0.4, 0.5) is 5.13 Å². The van der Waals surface area contributed by atoms with Crippen LogP contribution in [0.15, 0.2) is 83.1 Å². The third-order valence-corrected chi connectivity index (χ3v) is 7.61. The Balaban J connectivity index is 1.33. The number of esters is 1. The second-order valence-corrected chi connectivity index (χ2v) is 10.7. The number of methoxy groups -OCH3 is 2. The lowest BCUT2D eigenvalue weighted by molar-refractivity contribution is -0.119. The van der Waals surface area contributed by atoms with Crippen LogP contribution in [0, 0.1) is 0 Å². The first-order valence-corrected chi connectivity index (χ1v) is 13.9. The van der Waals surface area contributed by atoms with Gasteiger partial charge < -0.3 is 14.2 Å². The van der Waals surface area contributed by atoms with Gasteiger partial charge in [-0.25, -0.2) is 22.9 Å². The molecule has 0 unspecified atom stereocenters. The molecule has 4 rings (SSSR count). The molecule has 4 aromatic rings. The highest BCUT2D eigenvalue weighted by Crippen LogP contribution is 2.33. The van der Waals surface area contributed by atoms with Crippen LogP contribution in [0.5, 0.6) is 11.5 Å². The molecule has 1 aromatic heterocycles. The monoisotopic (exact) mass is 567 g/mol. The molecule has 0 atom stereocenters. The molecule has 3 aromatic carbocycles. The first-order chi connectivity index (χ1) is 18.8. The number of benzene rings is 3. The van der Waals surface area contributed by atoms with Gasteiger partial charge in [-0.15, -0.1) is 11.3 Å². The zero-order valence-corrected chi connectivity index (χ0v) is 22.7. The highest BCUT2D eigenvalue weighted by molar-refractivity contribution is 7.89. The van der Waals surface area contributed by atoms with Crippen molar-refractivity contribution in [3.63, 3.8) is 0 Å². The highest BCUT2D eigenvalue weighted by Gasteiger charge is 2.18. The summed E-state index contributed by atoms with van der Waals surface area (Å²) in [7, 11) is -0.793. The van der Waals surface area contributed by atoms with Crippen LogP contribution in [-0.2, 0) is 26.1 Å². The van der Waals surface area contributed by atoms with Crippen LogP contribution < -0.4 is 19.5 Å². The number of thiazole rings is 1. The van der Waals surface area contributed by atoms with E-state index in [0.717, 1.165) is 11.1 Å². The Hall–Kier alpha value is -4.26. The molecule has 0 bridgehead atoms. The summed E-state index contributed by atoms with van der Waals surface area (Å²) in [6, 6.07) is 19.8. The van der Waals surface area contributed by atoms with E-state index in [1.54, 1.807) is 36.8 Å². The zero-order chi connectivity index (χ0) is 27.8. The molecule has 1 heterocycles. The quantitative estimate of drug-likeness (QED) is 0.259. The van der Waals surface area contributed by atoms with Crippen molar-refractivity contribution >= 4 is 38.4 Å². The lowest BCUT2D eigenvalue weighted by Gasteiger charge is -2.09. The van der Waals surface area contributed by atoms with Crippen LogP contribution in [0.1, 0.15) is 15.9 Å². The van der Waals surface area contributed by atoms with E-state index in [1.165, 1.54) is 42.7 Å². The van der Waals surface area contributed by atoms with Gasteiger partial charge in [0.2, 0.25) is 10.0 Å². The maximum absolute atomic E-state index is 12.7. The van der Waals surface area contributed by atoms with E-state index >= 15 is 0 Å². The van der Waals surface area contributed by atoms with Gasteiger partial charge in [0.05, 0.1) is 30.4 Å². The van der Waals surface area contributed by atoms with Crippen molar-refractivity contribution in [1.82, 2.24) is 9.71 Å². The minimum Gasteiger partial charge on any atom is -0.493 e. The minimum absolute atomic E-state index is 0.00428. The number of carbonyl (C=O) groups excluding carboxylic acids is 2. The molecule has 0 aliphatic rings. The van der Waals surface area contributed by atoms with Crippen molar-refractivity contribution in [2.45, 2.75) is 11.4 Å². The molecular formula is C27H25N3O7S2. The largest absolute Gasteiger partial charge is 0.493 e. The lowest BCUT2D eigenvalue weighted by Crippen LogP contribution is -2.24. The van der Waals surface area contributed by atoms with Gasteiger partial charge in [0, 0.05) is 17.5 Å². The number of nitrogens with one attached hydrogen (secondary N) is 2. The SMILES string of the molecule is COc1ccc(-c2csc(NC(=O)COC(=O)c3cccc(S(=O)(=O)NCc4ccccc4)c3)n2)cc1OC. The van der Waals surface area contributed by atoms with Crippen LogP contribution >= 0.6 is 11.3 Å². The first kappa shape index (κ1) is 27.8. The summed E-state index contributed by atoms with van der Waals surface area (Å²) in [5, 5.41) is 4.67. The van der Waals surface area contributed by atoms with Crippen molar-refractivity contribution in [3.8, 4) is 22.8 Å². The van der Waals surface area contributed by atoms with Gasteiger partial charge in [-0.1, -0.05) is 36.4 Å². The van der Waals surface area contributed by atoms with E-state index in [9.17, 15) is 18.0 Å². The standard InChI is InChI=1S/C27H25N3O7S2/c1-35-23-12-11-19(14-24(23)36-2)22-17-38-27(29-22)30-25(31)16-37-26(32)20-9-6-10-21(13-20)39(33,34)28-15-18-7-4-3-5-8-18/h3-14,17,28H,15-16H2,1-2H3,(H,29,30,31). The molecule has 0 saturated heterocycles. The summed E-state index contributed by atoms with van der Waals surface area (Å²) in [4.78, 5) is 29.2. The van der Waals surface area contributed by atoms with Crippen molar-refractivity contribution in [2.75, 3.05) is 26.1 Å². The Morgan fingerprint density at radius 3 is 2.44 bits per heavy atom. The van der Waals surface area contributed by atoms with E-state index in [1.807, 2.05) is 24.3 Å². The zero-order valence-electron chi connectivity index (χ0n) is 21.0. The van der Waals surface area contributed by atoms with E-state index in [4.69, 9.17) is 14.2 Å². The Bertz CT molecular complexity index is 1570. The molecule has 0 fully saturated rings. The maximum atomic E-state index is 12.7. The Kier molecular flexibility index (Phi) is 8.92. The molecule has 0 saturated carbocycles. The summed E-state index contributed by atoms with van der Waals surface area (Å²) in [5.41, 5.74) is 2.17. The highest BCUT2D eigenvalue weighted by atomic mass is 32.2. The summed E-state index contributed by atoms with van der Waals surface area (Å²) >= 11 is 1.21. The molecule has 0 radical (unpaired) electrons. The minimum atomic E-state index is -3.87. The summed E-state index contributed by atoms with van der Waals surface area (Å²) in [5.74, 6) is -0.303. The third kappa shape index (κ3) is 7.19. The average molecular weight is 568 g/mol. The van der Waals surface area contributed by atoms with Crippen LogP contribution in [0.3, 0.4) is 0 Å². The lowest BCUT2D eigenvalue weighted by atomic mass is 10.1. The number of sulfonamides is 1. The van der Waals surface area contributed by atoms with E-state index in [0.29, 0.717) is 22.3 Å². The second-order valence-electron chi connectivity index (χ2n) is 8.07. The van der Waals surface area contributed by atoms with Gasteiger partial charge in [0.1, 0.15) is 0 Å². The number of aromatic nitrogens is 1. The topological polar surface area (TPSA) is 133 Å². The molecule has 202 valence electrons. The van der Waals surface area contributed by atoms with Gasteiger partial charge in [0.25, 0.3) is 5.91 Å². The fraction of sp³-hybridized carbons (Fsp3) is 0.148. The van der Waals surface area contributed by atoms with Gasteiger partial charge in [-0.2, -0.15) is 0 Å². The Labute approximate surface area is 229 Å². The number of anilines is 1. The predicted molar refractivity (Wildman–Crippen MR) is 146 cm³/mol. The first-order valence-electron chi connectivity index (χ1n) is 11.6. The Morgan fingerprint density at radius 1 is 0.923 bits per heavy atom. The number of nitrogens with zero attached hydrogens (tertiary/aromatic N) is 1. The van der Waals surface area contributed by atoms with E-state index in [2.05, 4.69) is 15.0 Å². The van der Waals surface area contributed by atoms with Crippen molar-refractivity contribution in [1.29, 1.82) is 0 Å². The van der Waals surface area contributed by atoms with Gasteiger partial charge in [-0.3, -0.25) is 10.1 Å². The normalized spacial score (nSPS) is 11.0. The van der Waals surface area contributed by atoms with Crippen LogP contribution in [0.25, 0.3) is 11.3 Å². The number of rotatable bonds is 11. The third-order valence-electron chi connectivity index (χ3n) is 5.45. The van der Waals surface area contributed by atoms with Crippen molar-refractivity contribution in [3.05, 3.63) is 89.3 Å². The molecule has 12 heteroatoms. The average Bonchev–Trinajstić information content (AvgIpc) is 3.43. The fourth-order valence-electron chi connectivity index (χ4n) is 3.48. The summed E-state index contributed by atoms with van der Waals surface area (Å²) in [6.07, 6.45) is 0. The molecule has 39 heavy (non-hydrogen) atoms. The summed E-state index contributed by atoms with van der Waals surface area (Å²) < 4.78 is 43.5. The number of carbonyl (C=O) groups is 2. The molecule has 0 aliphatic heterocycles. The molecule has 1 amide bonds. The maximum Gasteiger partial charge on any atom is 0.338 e. The number of hydrogen-bond donors (Lipinski definition) is 2. The number of amides is 1. The van der Waals surface area contributed by atoms with Gasteiger partial charge in [0.15, 0.2) is 23.2 Å². The molecule has 10 nitrogen and oxygen atoms in total. The fourth-order valence-corrected chi connectivity index (χ4v) is 5.28. The predicted octanol–water partition coefficient (Wildman–Crippen LogP) is 4.10. The molecular weight excluding hydrogens is 542 g/mol. The van der Waals surface area contributed by atoms with E-state index in [-0.39, 0.29) is 17.0 Å². The smallest absolute Gasteiger partial charge is 0.338 e. The van der Waals surface area contributed by atoms with Gasteiger partial charge >= 0.3 is 5.97 Å². The molecule has 2 N–H and O–H groups in total. The molecule has 0 spiro atoms. The number of ether oxygens (including phenoxy) is 3. The van der Waals surface area contributed by atoms with Crippen LogP contribution in [0.2, 0.25) is 0 Å². The Morgan fingerprint density at radius 2 is 1.69 bits per heavy atom. The summed E-state index contributed by atoms with van der Waals surface area (Å²) in [6.45, 7) is -0.476. The van der Waals surface area contributed by atoms with Crippen molar-refractivity contribution < 1.29 is 32.2 Å². The van der Waals surface area contributed by atoms with E-state index < -0.39 is 28.5 Å². The second kappa shape index (κ2) is 12.5. The van der Waals surface area contributed by atoms with Crippen LogP contribution in [-0.4, -0.2) is 46.1 Å². The van der Waals surface area contributed by atoms with Gasteiger partial charge in [-0.05, 0) is 42.0 Å². The van der Waals surface area contributed by atoms with Crippen molar-refractivity contribution in [2.24, 2.45) is 0 Å².